The second kappa shape index (κ2) is 10.4. The lowest BCUT2D eigenvalue weighted by Gasteiger charge is -2.28. The third-order valence-electron chi connectivity index (χ3n) is 5.78. The number of fused-ring (bicyclic) bond motifs is 1. The molecule has 1 saturated heterocycles. The smallest absolute Gasteiger partial charge is 0.231 e. The summed E-state index contributed by atoms with van der Waals surface area (Å²) in [5.41, 5.74) is 2.11. The van der Waals surface area contributed by atoms with Crippen LogP contribution in [-0.2, 0) is 16.1 Å². The highest BCUT2D eigenvalue weighted by molar-refractivity contribution is 7.99. The first-order valence-corrected chi connectivity index (χ1v) is 12.3. The molecule has 0 radical (unpaired) electrons. The molecule has 2 aliphatic heterocycles. The third-order valence-corrected chi connectivity index (χ3v) is 6.75. The molecule has 1 fully saturated rings. The minimum atomic E-state index is -0.159. The predicted octanol–water partition coefficient (Wildman–Crippen LogP) is 2.86. The Hall–Kier alpha value is -3.24. The van der Waals surface area contributed by atoms with E-state index in [1.807, 2.05) is 43.3 Å². The SMILES string of the molecule is C[C@H](NC(=O)CSc1nnc(N2CCOCC2)n1Cc1ccccc1)c1ccc2c(c1)OCO2. The molecule has 9 nitrogen and oxygen atoms in total. The summed E-state index contributed by atoms with van der Waals surface area (Å²) in [6, 6.07) is 15.8. The van der Waals surface area contributed by atoms with E-state index in [0.29, 0.717) is 25.5 Å². The molecule has 1 amide bonds. The Balaban J connectivity index is 1.26. The van der Waals surface area contributed by atoms with Crippen molar-refractivity contribution < 1.29 is 19.0 Å². The number of ether oxygens (including phenoxy) is 3. The van der Waals surface area contributed by atoms with Crippen molar-refractivity contribution in [2.45, 2.75) is 24.7 Å². The fourth-order valence-electron chi connectivity index (χ4n) is 3.97. The number of anilines is 1. The molecule has 10 heteroatoms. The molecule has 3 heterocycles. The van der Waals surface area contributed by atoms with E-state index in [-0.39, 0.29) is 24.5 Å². The highest BCUT2D eigenvalue weighted by Crippen LogP contribution is 2.34. The zero-order valence-corrected chi connectivity index (χ0v) is 19.8. The zero-order chi connectivity index (χ0) is 23.3. The first-order chi connectivity index (χ1) is 16.7. The van der Waals surface area contributed by atoms with Crippen molar-refractivity contribution in [2.24, 2.45) is 0 Å². The van der Waals surface area contributed by atoms with Gasteiger partial charge in [0.05, 0.1) is 31.6 Å². The van der Waals surface area contributed by atoms with Gasteiger partial charge < -0.3 is 24.4 Å². The highest BCUT2D eigenvalue weighted by atomic mass is 32.2. The van der Waals surface area contributed by atoms with E-state index < -0.39 is 0 Å². The summed E-state index contributed by atoms with van der Waals surface area (Å²) in [5.74, 6) is 2.41. The first-order valence-electron chi connectivity index (χ1n) is 11.3. The molecule has 3 aromatic rings. The average molecular weight is 482 g/mol. The lowest BCUT2D eigenvalue weighted by atomic mass is 10.1. The molecule has 34 heavy (non-hydrogen) atoms. The van der Waals surface area contributed by atoms with Crippen molar-refractivity contribution in [3.05, 3.63) is 59.7 Å². The van der Waals surface area contributed by atoms with Crippen LogP contribution in [0.25, 0.3) is 0 Å². The number of rotatable bonds is 8. The zero-order valence-electron chi connectivity index (χ0n) is 19.0. The van der Waals surface area contributed by atoms with E-state index in [1.165, 1.54) is 11.8 Å². The molecule has 0 saturated carbocycles. The Morgan fingerprint density at radius 1 is 1.09 bits per heavy atom. The van der Waals surface area contributed by atoms with Crippen molar-refractivity contribution in [2.75, 3.05) is 43.7 Å². The number of morpholine rings is 1. The maximum absolute atomic E-state index is 12.7. The van der Waals surface area contributed by atoms with Crippen LogP contribution in [0.4, 0.5) is 5.95 Å². The number of benzene rings is 2. The number of hydrogen-bond acceptors (Lipinski definition) is 8. The van der Waals surface area contributed by atoms with Crippen LogP contribution in [0.15, 0.2) is 53.7 Å². The summed E-state index contributed by atoms with van der Waals surface area (Å²) in [6.07, 6.45) is 0. The minimum Gasteiger partial charge on any atom is -0.454 e. The largest absolute Gasteiger partial charge is 0.454 e. The van der Waals surface area contributed by atoms with Crippen LogP contribution < -0.4 is 19.7 Å². The van der Waals surface area contributed by atoms with Crippen molar-refractivity contribution in [1.82, 2.24) is 20.1 Å². The third kappa shape index (κ3) is 5.13. The van der Waals surface area contributed by atoms with Crippen LogP contribution in [0.1, 0.15) is 24.1 Å². The number of hydrogen-bond donors (Lipinski definition) is 1. The summed E-state index contributed by atoms with van der Waals surface area (Å²) < 4.78 is 18.4. The first kappa shape index (κ1) is 22.5. The van der Waals surface area contributed by atoms with Gasteiger partial charge in [-0.1, -0.05) is 48.2 Å². The molecule has 1 aromatic heterocycles. The summed E-state index contributed by atoms with van der Waals surface area (Å²) in [6.45, 7) is 5.69. The molecule has 2 aromatic carbocycles. The molecule has 1 N–H and O–H groups in total. The quantitative estimate of drug-likeness (QED) is 0.491. The number of nitrogens with zero attached hydrogens (tertiary/aromatic N) is 4. The number of nitrogens with one attached hydrogen (secondary N) is 1. The van der Waals surface area contributed by atoms with Crippen molar-refractivity contribution in [1.29, 1.82) is 0 Å². The number of thioether (sulfide) groups is 1. The van der Waals surface area contributed by atoms with Crippen LogP contribution in [0, 0.1) is 0 Å². The Bertz CT molecular complexity index is 1130. The average Bonchev–Trinajstić information content (AvgIpc) is 3.50. The fraction of sp³-hybridized carbons (Fsp3) is 0.375. The molecule has 1 atom stereocenters. The molecular formula is C24H27N5O4S. The minimum absolute atomic E-state index is 0.0719. The van der Waals surface area contributed by atoms with Gasteiger partial charge in [-0.25, -0.2) is 0 Å². The van der Waals surface area contributed by atoms with E-state index in [9.17, 15) is 4.79 Å². The Kier molecular flexibility index (Phi) is 6.87. The number of aromatic nitrogens is 3. The summed E-state index contributed by atoms with van der Waals surface area (Å²) in [7, 11) is 0. The van der Waals surface area contributed by atoms with Gasteiger partial charge in [-0.15, -0.1) is 10.2 Å². The monoisotopic (exact) mass is 481 g/mol. The van der Waals surface area contributed by atoms with E-state index in [1.54, 1.807) is 0 Å². The van der Waals surface area contributed by atoms with Gasteiger partial charge in [0.25, 0.3) is 0 Å². The molecular weight excluding hydrogens is 454 g/mol. The lowest BCUT2D eigenvalue weighted by molar-refractivity contribution is -0.119. The standard InChI is InChI=1S/C24H27N5O4S/c1-17(19-7-8-20-21(13-19)33-16-32-20)25-22(30)15-34-24-27-26-23(28-9-11-31-12-10-28)29(24)14-18-5-3-2-4-6-18/h2-8,13,17H,9-12,14-16H2,1H3,(H,25,30)/t17-/m0/s1. The molecule has 0 unspecified atom stereocenters. The number of amides is 1. The fourth-order valence-corrected chi connectivity index (χ4v) is 4.71. The van der Waals surface area contributed by atoms with Gasteiger partial charge >= 0.3 is 0 Å². The maximum Gasteiger partial charge on any atom is 0.231 e. The Labute approximate surface area is 202 Å². The summed E-state index contributed by atoms with van der Waals surface area (Å²) in [4.78, 5) is 14.9. The molecule has 0 bridgehead atoms. The van der Waals surface area contributed by atoms with E-state index in [0.717, 1.165) is 41.1 Å². The summed E-state index contributed by atoms with van der Waals surface area (Å²) in [5, 5.41) is 12.7. The topological polar surface area (TPSA) is 90.7 Å². The maximum atomic E-state index is 12.7. The number of carbonyl (C=O) groups excluding carboxylic acids is 1. The van der Waals surface area contributed by atoms with Crippen LogP contribution in [0.2, 0.25) is 0 Å². The lowest BCUT2D eigenvalue weighted by Crippen LogP contribution is -2.38. The van der Waals surface area contributed by atoms with Crippen molar-refractivity contribution in [3.63, 3.8) is 0 Å². The van der Waals surface area contributed by atoms with E-state index in [4.69, 9.17) is 14.2 Å². The van der Waals surface area contributed by atoms with Crippen LogP contribution in [-0.4, -0.2) is 59.5 Å². The normalized spacial score (nSPS) is 15.9. The van der Waals surface area contributed by atoms with Crippen molar-refractivity contribution in [3.8, 4) is 11.5 Å². The molecule has 2 aliphatic rings. The van der Waals surface area contributed by atoms with E-state index >= 15 is 0 Å². The molecule has 5 rings (SSSR count). The Morgan fingerprint density at radius 3 is 2.71 bits per heavy atom. The highest BCUT2D eigenvalue weighted by Gasteiger charge is 2.22. The number of carbonyl (C=O) groups is 1. The summed E-state index contributed by atoms with van der Waals surface area (Å²) >= 11 is 1.39. The van der Waals surface area contributed by atoms with Crippen LogP contribution >= 0.6 is 11.8 Å². The van der Waals surface area contributed by atoms with Gasteiger partial charge in [0, 0.05) is 13.1 Å². The molecule has 0 aliphatic carbocycles. The second-order valence-corrected chi connectivity index (χ2v) is 9.09. The molecule has 178 valence electrons. The van der Waals surface area contributed by atoms with Crippen molar-refractivity contribution >= 4 is 23.6 Å². The van der Waals surface area contributed by atoms with Gasteiger partial charge in [0.15, 0.2) is 16.7 Å². The van der Waals surface area contributed by atoms with Gasteiger partial charge in [-0.2, -0.15) is 0 Å². The predicted molar refractivity (Wildman–Crippen MR) is 128 cm³/mol. The Morgan fingerprint density at radius 2 is 1.88 bits per heavy atom. The van der Waals surface area contributed by atoms with Crippen LogP contribution in [0.3, 0.4) is 0 Å². The van der Waals surface area contributed by atoms with Gasteiger partial charge in [-0.3, -0.25) is 9.36 Å². The van der Waals surface area contributed by atoms with Crippen LogP contribution in [0.5, 0.6) is 11.5 Å². The second-order valence-electron chi connectivity index (χ2n) is 8.14. The van der Waals surface area contributed by atoms with Gasteiger partial charge in [0.1, 0.15) is 0 Å². The molecule has 0 spiro atoms. The van der Waals surface area contributed by atoms with Gasteiger partial charge in [-0.05, 0) is 30.2 Å². The van der Waals surface area contributed by atoms with E-state index in [2.05, 4.69) is 37.1 Å². The van der Waals surface area contributed by atoms with Gasteiger partial charge in [0.2, 0.25) is 18.6 Å².